The fourth-order valence-corrected chi connectivity index (χ4v) is 1.95. The van der Waals surface area contributed by atoms with E-state index in [2.05, 4.69) is 30.3 Å². The van der Waals surface area contributed by atoms with Crippen LogP contribution in [0.25, 0.3) is 5.57 Å². The Morgan fingerprint density at radius 1 is 1.00 bits per heavy atom. The summed E-state index contributed by atoms with van der Waals surface area (Å²) in [4.78, 5) is 0. The maximum absolute atomic E-state index is 5.41. The largest absolute Gasteiger partial charge is 0.464 e. The van der Waals surface area contributed by atoms with Crippen LogP contribution in [-0.2, 0) is 6.42 Å². The number of allylic oxidation sites excluding steroid dienone is 1. The molecular weight excluding hydrogens is 172 g/mol. The van der Waals surface area contributed by atoms with Gasteiger partial charge in [0.15, 0.2) is 0 Å². The molecule has 0 atom stereocenters. The molecule has 0 unspecified atom stereocenters. The van der Waals surface area contributed by atoms with Crippen LogP contribution in [0.5, 0.6) is 0 Å². The Balaban J connectivity index is 2.14. The second-order valence-electron chi connectivity index (χ2n) is 3.46. The van der Waals surface area contributed by atoms with E-state index >= 15 is 0 Å². The van der Waals surface area contributed by atoms with Gasteiger partial charge in [-0.3, -0.25) is 0 Å². The van der Waals surface area contributed by atoms with Crippen molar-refractivity contribution >= 4 is 5.57 Å². The summed E-state index contributed by atoms with van der Waals surface area (Å²) in [5.74, 6) is 0.968. The van der Waals surface area contributed by atoms with Crippen LogP contribution in [0.2, 0.25) is 0 Å². The van der Waals surface area contributed by atoms with Crippen LogP contribution in [0.3, 0.4) is 0 Å². The first-order valence-electron chi connectivity index (χ1n) is 4.77. The van der Waals surface area contributed by atoms with Gasteiger partial charge in [-0.15, -0.1) is 0 Å². The first-order chi connectivity index (χ1) is 6.95. The Kier molecular flexibility index (Phi) is 1.57. The van der Waals surface area contributed by atoms with Gasteiger partial charge in [0.1, 0.15) is 5.76 Å². The number of rotatable bonds is 1. The van der Waals surface area contributed by atoms with Crippen LogP contribution in [-0.4, -0.2) is 0 Å². The van der Waals surface area contributed by atoms with Crippen molar-refractivity contribution in [3.8, 4) is 0 Å². The second kappa shape index (κ2) is 2.88. The van der Waals surface area contributed by atoms with Gasteiger partial charge in [0.05, 0.1) is 6.26 Å². The van der Waals surface area contributed by atoms with E-state index in [9.17, 15) is 0 Å². The van der Waals surface area contributed by atoms with Gasteiger partial charge < -0.3 is 4.42 Å². The van der Waals surface area contributed by atoms with Crippen LogP contribution in [0.1, 0.15) is 16.9 Å². The highest BCUT2D eigenvalue weighted by Crippen LogP contribution is 2.32. The first kappa shape index (κ1) is 7.63. The summed E-state index contributed by atoms with van der Waals surface area (Å²) in [6, 6.07) is 12.4. The third-order valence-corrected chi connectivity index (χ3v) is 2.62. The first-order valence-corrected chi connectivity index (χ1v) is 4.77. The quantitative estimate of drug-likeness (QED) is 0.659. The molecule has 1 aliphatic carbocycles. The summed E-state index contributed by atoms with van der Waals surface area (Å²) in [6.07, 6.45) is 4.97. The SMILES string of the molecule is C1=C(c2ccco2)c2ccccc2C1. The summed E-state index contributed by atoms with van der Waals surface area (Å²) < 4.78 is 5.41. The van der Waals surface area contributed by atoms with E-state index in [-0.39, 0.29) is 0 Å². The second-order valence-corrected chi connectivity index (χ2v) is 3.46. The van der Waals surface area contributed by atoms with Gasteiger partial charge in [-0.05, 0) is 29.7 Å². The lowest BCUT2D eigenvalue weighted by atomic mass is 10.0. The minimum Gasteiger partial charge on any atom is -0.464 e. The number of hydrogen-bond donors (Lipinski definition) is 0. The van der Waals surface area contributed by atoms with Gasteiger partial charge in [0, 0.05) is 5.57 Å². The molecule has 1 aromatic carbocycles. The van der Waals surface area contributed by atoms with Crippen LogP contribution >= 0.6 is 0 Å². The Hall–Kier alpha value is -1.76. The molecule has 1 aliphatic rings. The van der Waals surface area contributed by atoms with Crippen molar-refractivity contribution < 1.29 is 4.42 Å². The summed E-state index contributed by atoms with van der Waals surface area (Å²) in [5.41, 5.74) is 3.92. The molecule has 1 nitrogen and oxygen atoms in total. The van der Waals surface area contributed by atoms with Crippen molar-refractivity contribution in [3.05, 3.63) is 65.6 Å². The van der Waals surface area contributed by atoms with Crippen molar-refractivity contribution in [2.75, 3.05) is 0 Å². The zero-order chi connectivity index (χ0) is 9.38. The molecule has 2 aromatic rings. The summed E-state index contributed by atoms with van der Waals surface area (Å²) in [7, 11) is 0. The van der Waals surface area contributed by atoms with E-state index in [1.807, 2.05) is 12.1 Å². The lowest BCUT2D eigenvalue weighted by Crippen LogP contribution is -1.83. The maximum atomic E-state index is 5.41. The summed E-state index contributed by atoms with van der Waals surface area (Å²) in [5, 5.41) is 0. The highest BCUT2D eigenvalue weighted by atomic mass is 16.3. The van der Waals surface area contributed by atoms with E-state index < -0.39 is 0 Å². The minimum absolute atomic E-state index is 0.968. The summed E-state index contributed by atoms with van der Waals surface area (Å²) >= 11 is 0. The molecule has 0 fully saturated rings. The van der Waals surface area contributed by atoms with E-state index in [4.69, 9.17) is 4.42 Å². The fourth-order valence-electron chi connectivity index (χ4n) is 1.95. The Morgan fingerprint density at radius 3 is 2.79 bits per heavy atom. The summed E-state index contributed by atoms with van der Waals surface area (Å²) in [6.45, 7) is 0. The number of hydrogen-bond acceptors (Lipinski definition) is 1. The average Bonchev–Trinajstić information content (AvgIpc) is 2.85. The predicted molar refractivity (Wildman–Crippen MR) is 55.9 cm³/mol. The van der Waals surface area contributed by atoms with Crippen molar-refractivity contribution in [2.24, 2.45) is 0 Å². The standard InChI is InChI=1S/C13H10O/c1-2-5-11-10(4-1)7-8-12(11)13-6-3-9-14-13/h1-6,8-9H,7H2. The third-order valence-electron chi connectivity index (χ3n) is 2.62. The molecule has 0 radical (unpaired) electrons. The topological polar surface area (TPSA) is 13.1 Å². The molecule has 3 rings (SSSR count). The predicted octanol–water partition coefficient (Wildman–Crippen LogP) is 3.27. The smallest absolute Gasteiger partial charge is 0.134 e. The van der Waals surface area contributed by atoms with Gasteiger partial charge in [0.25, 0.3) is 0 Å². The molecule has 68 valence electrons. The van der Waals surface area contributed by atoms with Gasteiger partial charge in [-0.2, -0.15) is 0 Å². The molecule has 0 bridgehead atoms. The van der Waals surface area contributed by atoms with Crippen molar-refractivity contribution in [2.45, 2.75) is 6.42 Å². The monoisotopic (exact) mass is 182 g/mol. The highest BCUT2D eigenvalue weighted by molar-refractivity contribution is 5.82. The molecule has 0 saturated heterocycles. The van der Waals surface area contributed by atoms with Crippen LogP contribution in [0.15, 0.2) is 53.2 Å². The zero-order valence-electron chi connectivity index (χ0n) is 7.73. The van der Waals surface area contributed by atoms with Crippen molar-refractivity contribution in [1.82, 2.24) is 0 Å². The van der Waals surface area contributed by atoms with Gasteiger partial charge >= 0.3 is 0 Å². The van der Waals surface area contributed by atoms with Gasteiger partial charge in [0.2, 0.25) is 0 Å². The van der Waals surface area contributed by atoms with Crippen LogP contribution in [0.4, 0.5) is 0 Å². The molecule has 0 N–H and O–H groups in total. The minimum atomic E-state index is 0.968. The fraction of sp³-hybridized carbons (Fsp3) is 0.0769. The molecule has 0 aliphatic heterocycles. The van der Waals surface area contributed by atoms with E-state index in [0.29, 0.717) is 0 Å². The molecule has 0 saturated carbocycles. The van der Waals surface area contributed by atoms with Crippen molar-refractivity contribution in [1.29, 1.82) is 0 Å². The Bertz CT molecular complexity index is 478. The number of fused-ring (bicyclic) bond motifs is 1. The zero-order valence-corrected chi connectivity index (χ0v) is 7.73. The van der Waals surface area contributed by atoms with E-state index in [1.165, 1.54) is 16.7 Å². The van der Waals surface area contributed by atoms with Gasteiger partial charge in [-0.1, -0.05) is 30.3 Å². The Labute approximate surface area is 82.7 Å². The Morgan fingerprint density at radius 2 is 1.93 bits per heavy atom. The highest BCUT2D eigenvalue weighted by Gasteiger charge is 2.15. The van der Waals surface area contributed by atoms with E-state index in [1.54, 1.807) is 6.26 Å². The van der Waals surface area contributed by atoms with E-state index in [0.717, 1.165) is 12.2 Å². The molecule has 14 heavy (non-hydrogen) atoms. The molecule has 1 heteroatoms. The number of benzene rings is 1. The molecule has 1 heterocycles. The van der Waals surface area contributed by atoms with Gasteiger partial charge in [-0.25, -0.2) is 0 Å². The maximum Gasteiger partial charge on any atom is 0.134 e. The molecular formula is C13H10O. The lowest BCUT2D eigenvalue weighted by Gasteiger charge is -2.01. The molecule has 0 amide bonds. The lowest BCUT2D eigenvalue weighted by molar-refractivity contribution is 0.554. The average molecular weight is 182 g/mol. The number of furan rings is 1. The normalized spacial score (nSPS) is 13.9. The van der Waals surface area contributed by atoms with Crippen LogP contribution < -0.4 is 0 Å². The molecule has 1 aromatic heterocycles. The van der Waals surface area contributed by atoms with Crippen LogP contribution in [0, 0.1) is 0 Å². The third kappa shape index (κ3) is 1.02. The van der Waals surface area contributed by atoms with Crippen molar-refractivity contribution in [3.63, 3.8) is 0 Å². The molecule has 0 spiro atoms.